The second kappa shape index (κ2) is 7.54. The van der Waals surface area contributed by atoms with Gasteiger partial charge in [0.05, 0.1) is 25.3 Å². The first-order valence-electron chi connectivity index (χ1n) is 8.09. The highest BCUT2D eigenvalue weighted by molar-refractivity contribution is 5.96. The number of para-hydroxylation sites is 1. The van der Waals surface area contributed by atoms with Crippen molar-refractivity contribution in [3.05, 3.63) is 66.3 Å². The third-order valence-corrected chi connectivity index (χ3v) is 4.04. The summed E-state index contributed by atoms with van der Waals surface area (Å²) in [5, 5.41) is 9.88. The number of hydrogen-bond acceptors (Lipinski definition) is 3. The van der Waals surface area contributed by atoms with Gasteiger partial charge in [-0.1, -0.05) is 18.2 Å². The molecule has 0 aliphatic heterocycles. The third kappa shape index (κ3) is 3.81. The number of nitrogens with zero attached hydrogens (tertiary/aromatic N) is 3. The maximum absolute atomic E-state index is 12.3. The number of fused-ring (bicyclic) bond motifs is 1. The van der Waals surface area contributed by atoms with E-state index in [0.717, 1.165) is 22.2 Å². The van der Waals surface area contributed by atoms with Crippen molar-refractivity contribution in [2.75, 3.05) is 7.05 Å². The van der Waals surface area contributed by atoms with E-state index >= 15 is 0 Å². The highest BCUT2D eigenvalue weighted by Gasteiger charge is 2.09. The molecular weight excluding hydrogens is 314 g/mol. The predicted octanol–water partition coefficient (Wildman–Crippen LogP) is 3.82. The molecular formula is C20H19N3O2. The van der Waals surface area contributed by atoms with Gasteiger partial charge in [-0.25, -0.2) is 0 Å². The molecule has 1 aromatic carbocycles. The van der Waals surface area contributed by atoms with Gasteiger partial charge in [-0.15, -0.1) is 0 Å². The summed E-state index contributed by atoms with van der Waals surface area (Å²) in [6, 6.07) is 13.8. The minimum absolute atomic E-state index is 0.0924. The highest BCUT2D eigenvalue weighted by atomic mass is 16.3. The Balaban J connectivity index is 1.78. The second-order valence-corrected chi connectivity index (χ2v) is 5.81. The number of nitriles is 1. The zero-order valence-corrected chi connectivity index (χ0v) is 14.1. The van der Waals surface area contributed by atoms with Gasteiger partial charge in [0.15, 0.2) is 0 Å². The number of rotatable bonds is 6. The Morgan fingerprint density at radius 1 is 1.32 bits per heavy atom. The number of amides is 1. The van der Waals surface area contributed by atoms with Gasteiger partial charge < -0.3 is 13.9 Å². The summed E-state index contributed by atoms with van der Waals surface area (Å²) in [6.07, 6.45) is 7.43. The van der Waals surface area contributed by atoms with Gasteiger partial charge in [-0.05, 0) is 24.3 Å². The molecule has 0 atom stereocenters. The molecule has 1 amide bonds. The fourth-order valence-corrected chi connectivity index (χ4v) is 2.77. The highest BCUT2D eigenvalue weighted by Crippen LogP contribution is 2.23. The first-order chi connectivity index (χ1) is 12.2. The number of benzene rings is 1. The van der Waals surface area contributed by atoms with Gasteiger partial charge in [0.25, 0.3) is 0 Å². The van der Waals surface area contributed by atoms with Crippen LogP contribution in [0.5, 0.6) is 0 Å². The van der Waals surface area contributed by atoms with E-state index in [1.165, 1.54) is 0 Å². The molecule has 5 nitrogen and oxygen atoms in total. The molecule has 0 fully saturated rings. The van der Waals surface area contributed by atoms with Crippen LogP contribution in [0.15, 0.2) is 59.4 Å². The Bertz CT molecular complexity index is 930. The molecule has 2 heterocycles. The van der Waals surface area contributed by atoms with Crippen molar-refractivity contribution in [3.8, 4) is 6.07 Å². The molecule has 0 unspecified atom stereocenters. The average molecular weight is 333 g/mol. The van der Waals surface area contributed by atoms with Crippen LogP contribution in [0.4, 0.5) is 0 Å². The van der Waals surface area contributed by atoms with Crippen LogP contribution in [0, 0.1) is 11.3 Å². The van der Waals surface area contributed by atoms with Crippen molar-refractivity contribution in [1.82, 2.24) is 9.47 Å². The molecule has 0 saturated carbocycles. The van der Waals surface area contributed by atoms with E-state index in [1.807, 2.05) is 42.6 Å². The van der Waals surface area contributed by atoms with Crippen molar-refractivity contribution in [1.29, 1.82) is 5.26 Å². The van der Waals surface area contributed by atoms with Crippen LogP contribution in [0.25, 0.3) is 17.0 Å². The summed E-state index contributed by atoms with van der Waals surface area (Å²) in [6.45, 7) is 1.07. The maximum atomic E-state index is 12.3. The molecule has 0 aliphatic rings. The number of carbonyl (C=O) groups excluding carboxylic acids is 1. The molecule has 0 bridgehead atoms. The first-order valence-corrected chi connectivity index (χ1v) is 8.09. The molecule has 0 spiro atoms. The summed E-state index contributed by atoms with van der Waals surface area (Å²) in [4.78, 5) is 13.9. The van der Waals surface area contributed by atoms with Crippen LogP contribution in [-0.4, -0.2) is 22.4 Å². The first kappa shape index (κ1) is 16.6. The van der Waals surface area contributed by atoms with Gasteiger partial charge in [0, 0.05) is 42.3 Å². The standard InChI is InChI=1S/C20H19N3O2/c1-22(15-17-6-4-13-25-17)20(24)10-9-16-14-23(12-5-11-21)19-8-3-2-7-18(16)19/h2-4,6-10,13-14H,5,12,15H2,1H3/b10-9+. The van der Waals surface area contributed by atoms with Crippen LogP contribution in [-0.2, 0) is 17.9 Å². The van der Waals surface area contributed by atoms with E-state index in [-0.39, 0.29) is 5.91 Å². The van der Waals surface area contributed by atoms with Gasteiger partial charge in [-0.2, -0.15) is 5.26 Å². The van der Waals surface area contributed by atoms with Crippen LogP contribution in [0.3, 0.4) is 0 Å². The van der Waals surface area contributed by atoms with Crippen LogP contribution < -0.4 is 0 Å². The van der Waals surface area contributed by atoms with E-state index < -0.39 is 0 Å². The molecule has 0 saturated heterocycles. The summed E-state index contributed by atoms with van der Waals surface area (Å²) in [5.41, 5.74) is 2.03. The zero-order valence-electron chi connectivity index (χ0n) is 14.1. The fraction of sp³-hybridized carbons (Fsp3) is 0.200. The fourth-order valence-electron chi connectivity index (χ4n) is 2.77. The molecule has 0 N–H and O–H groups in total. The van der Waals surface area contributed by atoms with E-state index in [2.05, 4.69) is 10.6 Å². The van der Waals surface area contributed by atoms with E-state index in [9.17, 15) is 4.79 Å². The van der Waals surface area contributed by atoms with Crippen LogP contribution >= 0.6 is 0 Å². The third-order valence-electron chi connectivity index (χ3n) is 4.04. The topological polar surface area (TPSA) is 62.2 Å². The Labute approximate surface area is 146 Å². The number of carbonyl (C=O) groups is 1. The van der Waals surface area contributed by atoms with Crippen molar-refractivity contribution in [3.63, 3.8) is 0 Å². The number of hydrogen-bond donors (Lipinski definition) is 0. The van der Waals surface area contributed by atoms with Gasteiger partial charge in [0.2, 0.25) is 5.91 Å². The van der Waals surface area contributed by atoms with Crippen molar-refractivity contribution < 1.29 is 9.21 Å². The lowest BCUT2D eigenvalue weighted by Gasteiger charge is -2.12. The summed E-state index contributed by atoms with van der Waals surface area (Å²) < 4.78 is 7.32. The molecule has 3 rings (SSSR count). The van der Waals surface area contributed by atoms with Gasteiger partial charge >= 0.3 is 0 Å². The smallest absolute Gasteiger partial charge is 0.246 e. The molecule has 5 heteroatoms. The molecule has 126 valence electrons. The quantitative estimate of drug-likeness (QED) is 0.644. The lowest BCUT2D eigenvalue weighted by Crippen LogP contribution is -2.23. The van der Waals surface area contributed by atoms with Crippen LogP contribution in [0.1, 0.15) is 17.7 Å². The normalized spacial score (nSPS) is 11.0. The monoisotopic (exact) mass is 333 g/mol. The van der Waals surface area contributed by atoms with E-state index in [0.29, 0.717) is 19.5 Å². The summed E-state index contributed by atoms with van der Waals surface area (Å²) >= 11 is 0. The number of likely N-dealkylation sites (N-methyl/N-ethyl adjacent to an activating group) is 1. The van der Waals surface area contributed by atoms with Crippen molar-refractivity contribution >= 4 is 22.9 Å². The SMILES string of the molecule is CN(Cc1ccco1)C(=O)/C=C/c1cn(CCC#N)c2ccccc12. The lowest BCUT2D eigenvalue weighted by molar-refractivity contribution is -0.125. The molecule has 25 heavy (non-hydrogen) atoms. The Hall–Kier alpha value is -3.26. The van der Waals surface area contributed by atoms with Gasteiger partial charge in [-0.3, -0.25) is 4.79 Å². The average Bonchev–Trinajstić information content (AvgIpc) is 3.26. The number of aromatic nitrogens is 1. The van der Waals surface area contributed by atoms with E-state index in [1.54, 1.807) is 30.4 Å². The largest absolute Gasteiger partial charge is 0.467 e. The summed E-state index contributed by atoms with van der Waals surface area (Å²) in [7, 11) is 1.74. The Morgan fingerprint density at radius 3 is 2.92 bits per heavy atom. The van der Waals surface area contributed by atoms with E-state index in [4.69, 9.17) is 9.68 Å². The van der Waals surface area contributed by atoms with Crippen LogP contribution in [0.2, 0.25) is 0 Å². The minimum atomic E-state index is -0.0924. The lowest BCUT2D eigenvalue weighted by atomic mass is 10.1. The van der Waals surface area contributed by atoms with Gasteiger partial charge in [0.1, 0.15) is 5.76 Å². The number of furan rings is 1. The number of aryl methyl sites for hydroxylation is 1. The van der Waals surface area contributed by atoms with Crippen molar-refractivity contribution in [2.45, 2.75) is 19.5 Å². The van der Waals surface area contributed by atoms with Crippen molar-refractivity contribution in [2.24, 2.45) is 0 Å². The molecule has 0 radical (unpaired) electrons. The molecule has 0 aliphatic carbocycles. The Kier molecular flexibility index (Phi) is 5.00. The molecule has 2 aromatic heterocycles. The summed E-state index contributed by atoms with van der Waals surface area (Å²) in [5.74, 6) is 0.655. The maximum Gasteiger partial charge on any atom is 0.246 e. The second-order valence-electron chi connectivity index (χ2n) is 5.81. The zero-order chi connectivity index (χ0) is 17.6. The minimum Gasteiger partial charge on any atom is -0.467 e. The molecule has 3 aromatic rings. The predicted molar refractivity (Wildman–Crippen MR) is 96.4 cm³/mol. The Morgan fingerprint density at radius 2 is 2.16 bits per heavy atom.